The first-order chi connectivity index (χ1) is 41.1. The van der Waals surface area contributed by atoms with Gasteiger partial charge in [-0.2, -0.15) is 0 Å². The third-order valence-electron chi connectivity index (χ3n) is 19.3. The fourth-order valence-electron chi connectivity index (χ4n) is 15.0. The summed E-state index contributed by atoms with van der Waals surface area (Å²) in [5.74, 6) is 0. The zero-order valence-electron chi connectivity index (χ0n) is 47.5. The quantitative estimate of drug-likeness (QED) is 0.162. The van der Waals surface area contributed by atoms with Crippen LogP contribution in [-0.2, 0) is 17.3 Å². The van der Waals surface area contributed by atoms with Gasteiger partial charge in [-0.3, -0.25) is 0 Å². The van der Waals surface area contributed by atoms with Gasteiger partial charge in [0.15, 0.2) is 0 Å². The average Bonchev–Trinajstić information content (AvgIpc) is 2.06. The Kier molecular flexibility index (Phi) is 10.4. The molecule has 0 saturated heterocycles. The number of nitrogens with two attached hydrogens (primary N) is 1. The number of hydrogen-bond acceptors (Lipinski definition) is 1. The van der Waals surface area contributed by atoms with Crippen LogP contribution in [0.25, 0.3) is 127 Å². The van der Waals surface area contributed by atoms with E-state index in [1.54, 1.807) is 0 Å². The van der Waals surface area contributed by atoms with E-state index in [1.165, 1.54) is 132 Å². The molecule has 0 radical (unpaired) electrons. The van der Waals surface area contributed by atoms with Crippen LogP contribution < -0.4 is 5.73 Å². The molecule has 4 nitrogen and oxygen atoms in total. The highest BCUT2D eigenvalue weighted by Crippen LogP contribution is 2.52. The Balaban J connectivity index is 0.842. The molecule has 2 N–H and O–H groups in total. The van der Waals surface area contributed by atoms with Crippen LogP contribution in [0.15, 0.2) is 261 Å². The van der Waals surface area contributed by atoms with Crippen LogP contribution in [0.4, 0.5) is 0 Å². The summed E-state index contributed by atoms with van der Waals surface area (Å²) < 4.78 is 7.48. The summed E-state index contributed by atoms with van der Waals surface area (Å²) in [6, 6.07) is 97.5. The Bertz CT molecular complexity index is 5240. The minimum Gasteiger partial charge on any atom is -0.324 e. The second-order valence-electron chi connectivity index (χ2n) is 24.7. The standard InChI is InChI=1S/C80H60N4/c1-79(2)68-25-12-8-21-58(68)60-37-35-56(45-70(60)79)82-73-27-14-10-23-62(73)64-43-53(33-39-75(64)82)54-34-40-76-65(44-54)67-48-77-66(63-24-11-15-28-74(63)84(77)57-36-38-61-59-22-9-13-26-69(59)80(3,4)71(61)46-57)47-78(67)83(76)55-20-16-19-52(42-55)50-29-31-51(32-30-50)72(81)41-49-17-6-5-7-18-49/h5-40,42-48,72H,41,81H2,1-4H3. The van der Waals surface area contributed by atoms with Gasteiger partial charge in [-0.05, 0) is 169 Å². The first-order valence-electron chi connectivity index (χ1n) is 29.6. The van der Waals surface area contributed by atoms with Crippen LogP contribution in [0.5, 0.6) is 0 Å². The monoisotopic (exact) mass is 1080 g/mol. The lowest BCUT2D eigenvalue weighted by Gasteiger charge is -2.22. The molecular formula is C80H60N4. The zero-order valence-corrected chi connectivity index (χ0v) is 47.5. The molecule has 1 unspecified atom stereocenters. The van der Waals surface area contributed by atoms with Gasteiger partial charge in [0.2, 0.25) is 0 Å². The largest absolute Gasteiger partial charge is 0.324 e. The Morgan fingerprint density at radius 3 is 1.29 bits per heavy atom. The lowest BCUT2D eigenvalue weighted by Crippen LogP contribution is -2.15. The van der Waals surface area contributed by atoms with Crippen molar-refractivity contribution in [3.63, 3.8) is 0 Å². The highest BCUT2D eigenvalue weighted by Gasteiger charge is 2.37. The van der Waals surface area contributed by atoms with Crippen molar-refractivity contribution in [2.75, 3.05) is 0 Å². The van der Waals surface area contributed by atoms with Crippen molar-refractivity contribution < 1.29 is 0 Å². The van der Waals surface area contributed by atoms with E-state index in [1.807, 2.05) is 0 Å². The first kappa shape index (κ1) is 48.7. The molecule has 0 saturated carbocycles. The predicted molar refractivity (Wildman–Crippen MR) is 353 cm³/mol. The van der Waals surface area contributed by atoms with E-state index >= 15 is 0 Å². The Morgan fingerprint density at radius 2 is 0.714 bits per heavy atom. The fourth-order valence-corrected chi connectivity index (χ4v) is 15.0. The molecule has 17 rings (SSSR count). The number of benzene rings is 12. The number of rotatable bonds is 8. The molecule has 400 valence electrons. The third kappa shape index (κ3) is 7.11. The molecule has 2 aliphatic rings. The maximum atomic E-state index is 6.81. The fraction of sp³-hybridized carbons (Fsp3) is 0.100. The second kappa shape index (κ2) is 18.0. The summed E-state index contributed by atoms with van der Waals surface area (Å²) in [6.45, 7) is 9.48. The lowest BCUT2D eigenvalue weighted by molar-refractivity contribution is 0.660. The van der Waals surface area contributed by atoms with Gasteiger partial charge in [-0.15, -0.1) is 0 Å². The van der Waals surface area contributed by atoms with Crippen LogP contribution in [0.2, 0.25) is 0 Å². The summed E-state index contributed by atoms with van der Waals surface area (Å²) in [5, 5.41) is 7.35. The highest BCUT2D eigenvalue weighted by molar-refractivity contribution is 6.20. The van der Waals surface area contributed by atoms with E-state index in [2.05, 4.69) is 302 Å². The maximum Gasteiger partial charge on any atom is 0.0548 e. The SMILES string of the molecule is CC1(C)c2ccccc2-c2ccc(-n3c4ccccc4c4cc(-c5ccc6c(c5)c5cc7c(cc5n6-c5cccc(-c6ccc(C(N)Cc8ccccc8)cc6)c5)c5ccccc5n7-c5ccc6c(c5)C(C)(C)c5ccccc5-6)ccc43)cc21. The van der Waals surface area contributed by atoms with Gasteiger partial charge in [0.1, 0.15) is 0 Å². The molecule has 0 aliphatic heterocycles. The Hall–Kier alpha value is -10.0. The van der Waals surface area contributed by atoms with Crippen LogP contribution in [-0.4, -0.2) is 13.7 Å². The number of fused-ring (bicyclic) bond motifs is 15. The smallest absolute Gasteiger partial charge is 0.0548 e. The molecule has 2 aliphatic carbocycles. The van der Waals surface area contributed by atoms with Crippen molar-refractivity contribution in [2.45, 2.75) is 51.0 Å². The van der Waals surface area contributed by atoms with Gasteiger partial charge in [0, 0.05) is 66.3 Å². The van der Waals surface area contributed by atoms with Crippen molar-refractivity contribution in [2.24, 2.45) is 5.73 Å². The first-order valence-corrected chi connectivity index (χ1v) is 29.6. The van der Waals surface area contributed by atoms with Gasteiger partial charge >= 0.3 is 0 Å². The summed E-state index contributed by atoms with van der Waals surface area (Å²) in [5.41, 5.74) is 35.1. The summed E-state index contributed by atoms with van der Waals surface area (Å²) in [4.78, 5) is 0. The van der Waals surface area contributed by atoms with Crippen LogP contribution >= 0.6 is 0 Å². The Morgan fingerprint density at radius 1 is 0.298 bits per heavy atom. The number of aromatic nitrogens is 3. The van der Waals surface area contributed by atoms with Crippen LogP contribution in [0, 0.1) is 0 Å². The molecular weight excluding hydrogens is 1020 g/mol. The molecule has 0 bridgehead atoms. The molecule has 0 spiro atoms. The van der Waals surface area contributed by atoms with Gasteiger partial charge in [0.25, 0.3) is 0 Å². The summed E-state index contributed by atoms with van der Waals surface area (Å²) >= 11 is 0. The molecule has 84 heavy (non-hydrogen) atoms. The van der Waals surface area contributed by atoms with E-state index < -0.39 is 0 Å². The van der Waals surface area contributed by atoms with E-state index in [0.29, 0.717) is 0 Å². The van der Waals surface area contributed by atoms with Crippen molar-refractivity contribution in [1.82, 2.24) is 13.7 Å². The van der Waals surface area contributed by atoms with Crippen molar-refractivity contribution >= 4 is 65.4 Å². The van der Waals surface area contributed by atoms with Gasteiger partial charge in [0.05, 0.1) is 33.1 Å². The zero-order chi connectivity index (χ0) is 56.2. The van der Waals surface area contributed by atoms with E-state index in [4.69, 9.17) is 5.73 Å². The normalized spacial score (nSPS) is 14.2. The average molecular weight is 1080 g/mol. The van der Waals surface area contributed by atoms with E-state index in [-0.39, 0.29) is 16.9 Å². The molecule has 0 fully saturated rings. The number of para-hydroxylation sites is 2. The predicted octanol–water partition coefficient (Wildman–Crippen LogP) is 20.2. The third-order valence-corrected chi connectivity index (χ3v) is 19.3. The summed E-state index contributed by atoms with van der Waals surface area (Å²) in [7, 11) is 0. The minimum atomic E-state index is -0.131. The van der Waals surface area contributed by atoms with E-state index in [9.17, 15) is 0 Å². The van der Waals surface area contributed by atoms with Gasteiger partial charge in [-0.25, -0.2) is 0 Å². The molecule has 3 heterocycles. The minimum absolute atomic E-state index is 0.0887. The second-order valence-corrected chi connectivity index (χ2v) is 24.7. The molecule has 3 aromatic heterocycles. The van der Waals surface area contributed by atoms with Crippen molar-refractivity contribution in [3.05, 3.63) is 294 Å². The van der Waals surface area contributed by atoms with Crippen LogP contribution in [0.3, 0.4) is 0 Å². The number of nitrogens with zero attached hydrogens (tertiary/aromatic N) is 3. The molecule has 0 amide bonds. The van der Waals surface area contributed by atoms with Crippen molar-refractivity contribution in [1.29, 1.82) is 0 Å². The van der Waals surface area contributed by atoms with Gasteiger partial charge < -0.3 is 19.4 Å². The van der Waals surface area contributed by atoms with E-state index in [0.717, 1.165) is 34.3 Å². The lowest BCUT2D eigenvalue weighted by atomic mass is 9.82. The number of hydrogen-bond donors (Lipinski definition) is 1. The molecule has 15 aromatic rings. The Labute approximate surface area is 488 Å². The summed E-state index contributed by atoms with van der Waals surface area (Å²) in [6.07, 6.45) is 0.793. The topological polar surface area (TPSA) is 40.8 Å². The molecule has 1 atom stereocenters. The molecule has 4 heteroatoms. The van der Waals surface area contributed by atoms with Crippen molar-refractivity contribution in [3.8, 4) is 61.6 Å². The molecule has 12 aromatic carbocycles. The maximum absolute atomic E-state index is 6.81. The van der Waals surface area contributed by atoms with Crippen LogP contribution in [0.1, 0.15) is 67.1 Å². The highest BCUT2D eigenvalue weighted by atomic mass is 15.0. The van der Waals surface area contributed by atoms with Gasteiger partial charge in [-0.1, -0.05) is 204 Å².